The molecule has 0 fully saturated rings. The van der Waals surface area contributed by atoms with Crippen molar-refractivity contribution in [3.05, 3.63) is 34.6 Å². The zero-order valence-electron chi connectivity index (χ0n) is 16.0. The summed E-state index contributed by atoms with van der Waals surface area (Å²) in [6.07, 6.45) is 3.85. The number of hydrogen-bond acceptors (Lipinski definition) is 9. The molecule has 7 nitrogen and oxygen atoms in total. The summed E-state index contributed by atoms with van der Waals surface area (Å²) in [6, 6.07) is 0. The molecular weight excluding hydrogens is 491 g/mol. The van der Waals surface area contributed by atoms with Crippen LogP contribution in [0.1, 0.15) is 33.6 Å². The lowest BCUT2D eigenvalue weighted by Gasteiger charge is -2.20. The van der Waals surface area contributed by atoms with Crippen LogP contribution in [0.25, 0.3) is 0 Å². The number of hydrogen-bond donors (Lipinski definition) is 0. The fourth-order valence-corrected chi connectivity index (χ4v) is 4.17. The predicted octanol–water partition coefficient (Wildman–Crippen LogP) is 5.55. The first-order valence-corrected chi connectivity index (χ1v) is 11.7. The van der Waals surface area contributed by atoms with Gasteiger partial charge in [0.25, 0.3) is 0 Å². The van der Waals surface area contributed by atoms with Crippen molar-refractivity contribution >= 4 is 63.7 Å². The molecule has 0 aromatic rings. The molecule has 0 aliphatic heterocycles. The molecule has 0 aliphatic carbocycles. The standard InChI is InChI=1S/C17H24BrO7PS2/c1-5-11-22-24-26(20,25-23-12-6-2)16(17(19)21-8-4)15(13(27)7-3)14(28)9-10-18/h7,9-10H,3,5-6,8,11-12H2,1-2,4H3. The fraction of sp³-hybridized carbons (Fsp3) is 0.471. The quantitative estimate of drug-likeness (QED) is 0.0531. The molecule has 0 unspecified atom stereocenters. The van der Waals surface area contributed by atoms with E-state index in [0.29, 0.717) is 12.8 Å². The summed E-state index contributed by atoms with van der Waals surface area (Å²) < 4.78 is 28.6. The number of allylic oxidation sites excluding steroid dienone is 3. The summed E-state index contributed by atoms with van der Waals surface area (Å²) in [6.45, 7) is 9.02. The highest BCUT2D eigenvalue weighted by Gasteiger charge is 2.43. The first-order chi connectivity index (χ1) is 13.3. The van der Waals surface area contributed by atoms with Crippen LogP contribution in [-0.4, -0.2) is 35.5 Å². The van der Waals surface area contributed by atoms with Crippen molar-refractivity contribution in [3.8, 4) is 0 Å². The Balaban J connectivity index is 6.62. The number of rotatable bonds is 15. The van der Waals surface area contributed by atoms with Crippen molar-refractivity contribution in [2.75, 3.05) is 19.8 Å². The summed E-state index contributed by atoms with van der Waals surface area (Å²) in [7, 11) is -4.49. The number of esters is 1. The first-order valence-electron chi connectivity index (χ1n) is 8.45. The molecule has 0 aliphatic rings. The molecule has 28 heavy (non-hydrogen) atoms. The predicted molar refractivity (Wildman–Crippen MR) is 119 cm³/mol. The van der Waals surface area contributed by atoms with Gasteiger partial charge in [-0.2, -0.15) is 0 Å². The van der Waals surface area contributed by atoms with Gasteiger partial charge in [0.2, 0.25) is 0 Å². The van der Waals surface area contributed by atoms with E-state index < -0.39 is 18.9 Å². The minimum Gasteiger partial charge on any atom is -0.462 e. The van der Waals surface area contributed by atoms with E-state index in [4.69, 9.17) is 48.3 Å². The summed E-state index contributed by atoms with van der Waals surface area (Å²) in [5, 5.41) is -0.526. The SMILES string of the molecule is C=CC(=S)C(C(=S)C=CBr)=C(C(=O)OCC)P(=O)(OOCCC)OOCCC. The normalized spacial score (nSPS) is 12.6. The molecule has 0 rings (SSSR count). The average Bonchev–Trinajstić information content (AvgIpc) is 2.66. The zero-order valence-corrected chi connectivity index (χ0v) is 20.1. The van der Waals surface area contributed by atoms with Crippen molar-refractivity contribution in [3.63, 3.8) is 0 Å². The van der Waals surface area contributed by atoms with Gasteiger partial charge in [-0.1, -0.05) is 66.9 Å². The monoisotopic (exact) mass is 514 g/mol. The maximum absolute atomic E-state index is 13.5. The Bertz CT molecular complexity index is 662. The molecule has 0 heterocycles. The van der Waals surface area contributed by atoms with Gasteiger partial charge < -0.3 is 4.74 Å². The van der Waals surface area contributed by atoms with Crippen LogP contribution in [0.15, 0.2) is 34.6 Å². The summed E-state index contributed by atoms with van der Waals surface area (Å²) >= 11 is 13.7. The molecule has 0 saturated carbocycles. The van der Waals surface area contributed by atoms with Crippen molar-refractivity contribution < 1.29 is 33.2 Å². The number of carbonyl (C=O) groups is 1. The van der Waals surface area contributed by atoms with E-state index in [1.165, 1.54) is 17.1 Å². The molecule has 0 bridgehead atoms. The molecule has 0 atom stereocenters. The number of halogens is 1. The van der Waals surface area contributed by atoms with Crippen molar-refractivity contribution in [2.45, 2.75) is 33.6 Å². The smallest absolute Gasteiger partial charge is 0.422 e. The zero-order chi connectivity index (χ0) is 21.6. The summed E-state index contributed by atoms with van der Waals surface area (Å²) in [5.74, 6) is -0.990. The molecular formula is C17H24BrO7PS2. The van der Waals surface area contributed by atoms with Gasteiger partial charge in [-0.05, 0) is 30.8 Å². The minimum atomic E-state index is -4.49. The lowest BCUT2D eigenvalue weighted by Crippen LogP contribution is -2.19. The summed E-state index contributed by atoms with van der Waals surface area (Å²) in [5.41, 5.74) is -0.0577. The van der Waals surface area contributed by atoms with Gasteiger partial charge in [0.05, 0.1) is 19.8 Å². The first kappa shape index (κ1) is 27.4. The third kappa shape index (κ3) is 8.84. The van der Waals surface area contributed by atoms with Crippen molar-refractivity contribution in [1.29, 1.82) is 0 Å². The van der Waals surface area contributed by atoms with Crippen LogP contribution < -0.4 is 0 Å². The maximum atomic E-state index is 13.5. The average molecular weight is 515 g/mol. The highest BCUT2D eigenvalue weighted by Crippen LogP contribution is 2.58. The highest BCUT2D eigenvalue weighted by atomic mass is 79.9. The van der Waals surface area contributed by atoms with Crippen LogP contribution in [-0.2, 0) is 33.2 Å². The van der Waals surface area contributed by atoms with E-state index in [1.54, 1.807) is 6.92 Å². The van der Waals surface area contributed by atoms with Crippen molar-refractivity contribution in [1.82, 2.24) is 0 Å². The topological polar surface area (TPSA) is 80.3 Å². The van der Waals surface area contributed by atoms with Crippen LogP contribution in [0.3, 0.4) is 0 Å². The molecule has 0 spiro atoms. The van der Waals surface area contributed by atoms with Crippen molar-refractivity contribution in [2.24, 2.45) is 0 Å². The van der Waals surface area contributed by atoms with Gasteiger partial charge in [-0.3, -0.25) is 0 Å². The lowest BCUT2D eigenvalue weighted by molar-refractivity contribution is -0.265. The second-order valence-corrected chi connectivity index (χ2v) is 8.11. The van der Waals surface area contributed by atoms with Gasteiger partial charge in [0.15, 0.2) is 5.31 Å². The molecule has 0 radical (unpaired) electrons. The van der Waals surface area contributed by atoms with E-state index in [-0.39, 0.29) is 35.1 Å². The minimum absolute atomic E-state index is 0.00312. The molecule has 0 saturated heterocycles. The Hall–Kier alpha value is -0.580. The fourth-order valence-electron chi connectivity index (χ4n) is 1.61. The number of ether oxygens (including phenoxy) is 1. The van der Waals surface area contributed by atoms with Crippen LogP contribution in [0.4, 0.5) is 0 Å². The van der Waals surface area contributed by atoms with Crippen LogP contribution in [0.5, 0.6) is 0 Å². The Morgan fingerprint density at radius 3 is 2.00 bits per heavy atom. The molecule has 11 heteroatoms. The van der Waals surface area contributed by atoms with Gasteiger partial charge in [-0.15, -0.1) is 9.35 Å². The second kappa shape index (κ2) is 15.3. The van der Waals surface area contributed by atoms with E-state index in [1.807, 2.05) is 13.8 Å². The third-order valence-electron chi connectivity index (χ3n) is 2.75. The molecule has 0 amide bonds. The van der Waals surface area contributed by atoms with Gasteiger partial charge in [-0.25, -0.2) is 19.1 Å². The second-order valence-electron chi connectivity index (χ2n) is 4.96. The molecule has 158 valence electrons. The Morgan fingerprint density at radius 1 is 1.07 bits per heavy atom. The third-order valence-corrected chi connectivity index (χ3v) is 5.28. The Morgan fingerprint density at radius 2 is 1.61 bits per heavy atom. The maximum Gasteiger partial charge on any atom is 0.422 e. The number of thiocarbonyl (C=S) groups is 2. The van der Waals surface area contributed by atoms with E-state index >= 15 is 0 Å². The van der Waals surface area contributed by atoms with Gasteiger partial charge in [0.1, 0.15) is 0 Å². The lowest BCUT2D eigenvalue weighted by atomic mass is 10.1. The molecule has 0 aromatic heterocycles. The largest absolute Gasteiger partial charge is 0.462 e. The number of carbonyl (C=O) groups excluding carboxylic acids is 1. The molecule has 0 N–H and O–H groups in total. The van der Waals surface area contributed by atoms with E-state index in [9.17, 15) is 9.36 Å². The van der Waals surface area contributed by atoms with Crippen LogP contribution in [0.2, 0.25) is 0 Å². The Labute approximate surface area is 184 Å². The Kier molecular flexibility index (Phi) is 15.0. The van der Waals surface area contributed by atoms with Gasteiger partial charge >= 0.3 is 13.6 Å². The van der Waals surface area contributed by atoms with Gasteiger partial charge in [0, 0.05) is 15.3 Å². The molecule has 0 aromatic carbocycles. The summed E-state index contributed by atoms with van der Waals surface area (Å²) in [4.78, 5) is 24.2. The van der Waals surface area contributed by atoms with E-state index in [0.717, 1.165) is 0 Å². The van der Waals surface area contributed by atoms with E-state index in [2.05, 4.69) is 22.5 Å². The van der Waals surface area contributed by atoms with Crippen LogP contribution >= 0.6 is 48.0 Å². The highest BCUT2D eigenvalue weighted by molar-refractivity contribution is 9.11. The van der Waals surface area contributed by atoms with Crippen LogP contribution in [0, 0.1) is 0 Å².